The van der Waals surface area contributed by atoms with Gasteiger partial charge in [0.1, 0.15) is 16.9 Å². The van der Waals surface area contributed by atoms with E-state index in [2.05, 4.69) is 0 Å². The summed E-state index contributed by atoms with van der Waals surface area (Å²) < 4.78 is 29.3. The van der Waals surface area contributed by atoms with E-state index >= 15 is 0 Å². The number of ether oxygens (including phenoxy) is 4. The molecule has 0 radical (unpaired) electrons. The monoisotopic (exact) mass is 498 g/mol. The molecule has 4 atom stereocenters. The van der Waals surface area contributed by atoms with Crippen LogP contribution in [-0.2, 0) is 28.6 Å². The van der Waals surface area contributed by atoms with Gasteiger partial charge >= 0.3 is 23.5 Å². The second-order valence-corrected chi connectivity index (χ2v) is 11.3. The van der Waals surface area contributed by atoms with E-state index in [0.29, 0.717) is 29.5 Å². The smallest absolute Gasteiger partial charge is 0.351 e. The Balaban J connectivity index is 1.69. The van der Waals surface area contributed by atoms with Crippen molar-refractivity contribution in [3.63, 3.8) is 0 Å². The van der Waals surface area contributed by atoms with E-state index in [1.807, 2.05) is 13.8 Å². The molecule has 3 aliphatic rings. The molecule has 2 fully saturated rings. The lowest BCUT2D eigenvalue weighted by Gasteiger charge is -2.44. The predicted molar refractivity (Wildman–Crippen MR) is 126 cm³/mol. The van der Waals surface area contributed by atoms with Crippen LogP contribution in [0.25, 0.3) is 11.0 Å². The Morgan fingerprint density at radius 2 is 1.69 bits per heavy atom. The molecule has 36 heavy (non-hydrogen) atoms. The van der Waals surface area contributed by atoms with Crippen LogP contribution >= 0.6 is 0 Å². The maximum Gasteiger partial charge on any atom is 0.351 e. The zero-order chi connectivity index (χ0) is 26.4. The van der Waals surface area contributed by atoms with E-state index in [-0.39, 0.29) is 11.1 Å². The first kappa shape index (κ1) is 24.3. The molecule has 2 aliphatic heterocycles. The average molecular weight is 499 g/mol. The molecular formula is C27H30O9. The lowest BCUT2D eigenvalue weighted by atomic mass is 9.66. The molecule has 1 saturated heterocycles. The number of aryl methyl sites for hydroxylation is 1. The lowest BCUT2D eigenvalue weighted by molar-refractivity contribution is -0.206. The third kappa shape index (κ3) is 3.01. The number of fused-ring (bicyclic) bond motifs is 5. The van der Waals surface area contributed by atoms with Crippen molar-refractivity contribution in [2.75, 3.05) is 0 Å². The van der Waals surface area contributed by atoms with Gasteiger partial charge in [-0.2, -0.15) is 0 Å². The highest BCUT2D eigenvalue weighted by molar-refractivity contribution is 5.94. The van der Waals surface area contributed by atoms with E-state index < -0.39 is 57.8 Å². The van der Waals surface area contributed by atoms with E-state index in [1.54, 1.807) is 39.8 Å². The lowest BCUT2D eigenvalue weighted by Crippen LogP contribution is -2.54. The molecule has 3 heterocycles. The van der Waals surface area contributed by atoms with E-state index in [0.717, 1.165) is 0 Å². The van der Waals surface area contributed by atoms with Crippen LogP contribution in [0.3, 0.4) is 0 Å². The van der Waals surface area contributed by atoms with Crippen LogP contribution in [0.2, 0.25) is 0 Å². The molecule has 1 aliphatic carbocycles. The fourth-order valence-corrected chi connectivity index (χ4v) is 6.02. The molecule has 5 rings (SSSR count). The summed E-state index contributed by atoms with van der Waals surface area (Å²) in [6, 6.07) is 4.84. The summed E-state index contributed by atoms with van der Waals surface area (Å²) in [5.41, 5.74) is -3.72. The maximum atomic E-state index is 13.9. The second kappa shape index (κ2) is 7.33. The summed E-state index contributed by atoms with van der Waals surface area (Å²) in [6.07, 6.45) is -1.48. The van der Waals surface area contributed by atoms with Gasteiger partial charge in [0.25, 0.3) is 0 Å². The Kier molecular flexibility index (Phi) is 4.96. The number of benzene rings is 1. The van der Waals surface area contributed by atoms with E-state index in [1.165, 1.54) is 13.0 Å². The van der Waals surface area contributed by atoms with Gasteiger partial charge in [-0.25, -0.2) is 9.59 Å². The zero-order valence-corrected chi connectivity index (χ0v) is 21.5. The minimum Gasteiger partial charge on any atom is -0.483 e. The van der Waals surface area contributed by atoms with Crippen molar-refractivity contribution in [3.05, 3.63) is 39.7 Å². The number of esters is 3. The summed E-state index contributed by atoms with van der Waals surface area (Å²) in [4.78, 5) is 51.2. The number of hydrogen-bond acceptors (Lipinski definition) is 9. The third-order valence-corrected chi connectivity index (χ3v) is 8.68. The summed E-state index contributed by atoms with van der Waals surface area (Å²) >= 11 is 0. The molecule has 192 valence electrons. The van der Waals surface area contributed by atoms with Crippen molar-refractivity contribution < 1.29 is 37.7 Å². The van der Waals surface area contributed by atoms with Gasteiger partial charge in [0, 0.05) is 23.8 Å². The van der Waals surface area contributed by atoms with Crippen molar-refractivity contribution in [1.82, 2.24) is 0 Å². The summed E-state index contributed by atoms with van der Waals surface area (Å²) in [7, 11) is 0. The third-order valence-electron chi connectivity index (χ3n) is 8.68. The Bertz CT molecular complexity index is 1380. The fraction of sp³-hybridized carbons (Fsp3) is 0.556. The quantitative estimate of drug-likeness (QED) is 0.352. The predicted octanol–water partition coefficient (Wildman–Crippen LogP) is 3.91. The number of carbonyl (C=O) groups excluding carboxylic acids is 3. The first-order valence-corrected chi connectivity index (χ1v) is 12.0. The van der Waals surface area contributed by atoms with Gasteiger partial charge in [-0.1, -0.05) is 13.8 Å². The minimum absolute atomic E-state index is 0.180. The van der Waals surface area contributed by atoms with Crippen molar-refractivity contribution >= 4 is 28.9 Å². The highest BCUT2D eigenvalue weighted by Crippen LogP contribution is 2.66. The van der Waals surface area contributed by atoms with Crippen LogP contribution in [-0.4, -0.2) is 35.2 Å². The van der Waals surface area contributed by atoms with Crippen LogP contribution in [0.1, 0.15) is 71.6 Å². The molecule has 0 N–H and O–H groups in total. The normalized spacial score (nSPS) is 31.4. The zero-order valence-electron chi connectivity index (χ0n) is 21.5. The molecule has 1 aromatic carbocycles. The molecule has 1 aromatic heterocycles. The number of hydrogen-bond donors (Lipinski definition) is 0. The first-order valence-electron chi connectivity index (χ1n) is 12.0. The Hall–Kier alpha value is -3.36. The minimum atomic E-state index is -1.50. The van der Waals surface area contributed by atoms with Crippen LogP contribution in [0.15, 0.2) is 27.4 Å². The van der Waals surface area contributed by atoms with Gasteiger partial charge < -0.3 is 23.4 Å². The van der Waals surface area contributed by atoms with Gasteiger partial charge in [0.15, 0.2) is 12.2 Å². The van der Waals surface area contributed by atoms with E-state index in [9.17, 15) is 19.2 Å². The van der Waals surface area contributed by atoms with Crippen molar-refractivity contribution in [3.8, 4) is 5.75 Å². The summed E-state index contributed by atoms with van der Waals surface area (Å²) in [5, 5.41) is 0.624. The Labute approximate surface area is 208 Å². The van der Waals surface area contributed by atoms with Gasteiger partial charge in [-0.05, 0) is 58.2 Å². The molecular weight excluding hydrogens is 468 g/mol. The molecule has 2 bridgehead atoms. The molecule has 0 spiro atoms. The molecule has 2 aromatic rings. The summed E-state index contributed by atoms with van der Waals surface area (Å²) in [6.45, 7) is 11.9. The number of rotatable bonds is 3. The second-order valence-electron chi connectivity index (χ2n) is 11.3. The highest BCUT2D eigenvalue weighted by atomic mass is 16.6. The Morgan fingerprint density at radius 1 is 1.00 bits per heavy atom. The molecule has 9 heteroatoms. The number of carbonyl (C=O) groups is 3. The molecule has 0 unspecified atom stereocenters. The van der Waals surface area contributed by atoms with Crippen LogP contribution < -0.4 is 10.4 Å². The highest BCUT2D eigenvalue weighted by Gasteiger charge is 2.76. The topological polar surface area (TPSA) is 118 Å². The van der Waals surface area contributed by atoms with Crippen LogP contribution in [0.4, 0.5) is 0 Å². The van der Waals surface area contributed by atoms with Gasteiger partial charge in [-0.15, -0.1) is 0 Å². The standard InChI is InChI=1S/C27H30O9/c1-13-12-17(29)33-19-15(13)8-9-16-18(19)20(21(32-14(2)28)24(3,4)35-16)34-23(31)27-11-10-26(7,22(30)36-27)25(27,5)6/h8-9,12,20-21H,10-11H2,1-7H3/t20-,21-,26-,27+/m1/s1. The molecule has 1 saturated carbocycles. The van der Waals surface area contributed by atoms with E-state index in [4.69, 9.17) is 23.4 Å². The van der Waals surface area contributed by atoms with Crippen molar-refractivity contribution in [1.29, 1.82) is 0 Å². The summed E-state index contributed by atoms with van der Waals surface area (Å²) in [5.74, 6) is -1.44. The SMILES string of the molecule is CC(=O)O[C@@H]1[C@H](OC(=O)[C@]23CC[C@](C)(C(=O)O2)C3(C)C)c2c(ccc3c(C)cc(=O)oc23)OC1(C)C. The van der Waals surface area contributed by atoms with Gasteiger partial charge in [0.2, 0.25) is 5.60 Å². The Morgan fingerprint density at radius 3 is 2.28 bits per heavy atom. The van der Waals surface area contributed by atoms with Crippen molar-refractivity contribution in [2.45, 2.75) is 84.7 Å². The van der Waals surface area contributed by atoms with Crippen LogP contribution in [0, 0.1) is 17.8 Å². The molecule has 0 amide bonds. The molecule has 9 nitrogen and oxygen atoms in total. The maximum absolute atomic E-state index is 13.9. The largest absolute Gasteiger partial charge is 0.483 e. The first-order chi connectivity index (χ1) is 16.6. The van der Waals surface area contributed by atoms with Crippen molar-refractivity contribution in [2.24, 2.45) is 10.8 Å². The van der Waals surface area contributed by atoms with Gasteiger partial charge in [0.05, 0.1) is 11.0 Å². The fourth-order valence-electron chi connectivity index (χ4n) is 6.02. The van der Waals surface area contributed by atoms with Crippen LogP contribution in [0.5, 0.6) is 5.75 Å². The average Bonchev–Trinajstić information content (AvgIpc) is 3.05. The van der Waals surface area contributed by atoms with Gasteiger partial charge in [-0.3, -0.25) is 9.59 Å².